The van der Waals surface area contributed by atoms with Crippen molar-refractivity contribution in [2.75, 3.05) is 19.8 Å². The van der Waals surface area contributed by atoms with Crippen molar-refractivity contribution < 1.29 is 29.0 Å². The number of rotatable bonds is 8. The molecule has 0 spiro atoms. The first-order valence-electron chi connectivity index (χ1n) is 11.6. The fraction of sp³-hybridized carbons (Fsp3) is 0.423. The molecule has 0 aromatic heterocycles. The molecule has 0 bridgehead atoms. The number of carbonyl (C=O) groups is 3. The Balaban J connectivity index is 1.33. The minimum absolute atomic E-state index is 0.0230. The number of ether oxygens (including phenoxy) is 2. The second-order valence-electron chi connectivity index (χ2n) is 8.97. The van der Waals surface area contributed by atoms with Crippen LogP contribution in [0.3, 0.4) is 0 Å². The van der Waals surface area contributed by atoms with Crippen molar-refractivity contribution in [1.82, 2.24) is 10.6 Å². The first kappa shape index (κ1) is 23.8. The van der Waals surface area contributed by atoms with Crippen molar-refractivity contribution >= 4 is 18.0 Å². The molecule has 2 aliphatic rings. The second kappa shape index (κ2) is 10.7. The molecule has 2 amide bonds. The predicted molar refractivity (Wildman–Crippen MR) is 125 cm³/mol. The summed E-state index contributed by atoms with van der Waals surface area (Å²) in [6.45, 7) is 2.70. The Bertz CT molecular complexity index is 1010. The lowest BCUT2D eigenvalue weighted by atomic mass is 9.92. The van der Waals surface area contributed by atoms with Crippen LogP contribution in [0.2, 0.25) is 0 Å². The topological polar surface area (TPSA) is 114 Å². The van der Waals surface area contributed by atoms with Crippen molar-refractivity contribution in [1.29, 1.82) is 0 Å². The molecule has 0 saturated carbocycles. The van der Waals surface area contributed by atoms with E-state index in [1.807, 2.05) is 24.3 Å². The molecule has 3 atom stereocenters. The lowest BCUT2D eigenvalue weighted by molar-refractivity contribution is -0.137. The zero-order valence-corrected chi connectivity index (χ0v) is 19.2. The second-order valence-corrected chi connectivity index (χ2v) is 8.97. The van der Waals surface area contributed by atoms with E-state index in [0.717, 1.165) is 11.1 Å². The van der Waals surface area contributed by atoms with Gasteiger partial charge in [0.15, 0.2) is 0 Å². The normalized spacial score (nSPS) is 20.0. The minimum atomic E-state index is -0.969. The molecule has 1 heterocycles. The molecule has 1 fully saturated rings. The Kier molecular flexibility index (Phi) is 7.47. The lowest BCUT2D eigenvalue weighted by Crippen LogP contribution is -2.48. The maximum atomic E-state index is 12.7. The van der Waals surface area contributed by atoms with E-state index in [0.29, 0.717) is 19.6 Å². The predicted octanol–water partition coefficient (Wildman–Crippen LogP) is 3.30. The summed E-state index contributed by atoms with van der Waals surface area (Å²) in [5, 5.41) is 14.5. The van der Waals surface area contributed by atoms with E-state index in [4.69, 9.17) is 14.6 Å². The van der Waals surface area contributed by atoms with Crippen LogP contribution in [0.4, 0.5) is 4.79 Å². The van der Waals surface area contributed by atoms with Crippen molar-refractivity contribution in [3.63, 3.8) is 0 Å². The highest BCUT2D eigenvalue weighted by Gasteiger charge is 2.32. The van der Waals surface area contributed by atoms with Crippen LogP contribution in [0.5, 0.6) is 0 Å². The van der Waals surface area contributed by atoms with Crippen LogP contribution >= 0.6 is 0 Å². The number of carboxylic acid groups (broad SMARTS) is 1. The number of alkyl carbamates (subject to hydrolysis) is 1. The van der Waals surface area contributed by atoms with Gasteiger partial charge in [0.1, 0.15) is 6.61 Å². The van der Waals surface area contributed by atoms with Crippen LogP contribution in [-0.2, 0) is 19.1 Å². The van der Waals surface area contributed by atoms with E-state index in [1.165, 1.54) is 11.1 Å². The molecule has 1 aliphatic carbocycles. The Morgan fingerprint density at radius 1 is 1.09 bits per heavy atom. The molecular weight excluding hydrogens is 436 g/mol. The number of fused-ring (bicyclic) bond motifs is 3. The van der Waals surface area contributed by atoms with Gasteiger partial charge in [-0.25, -0.2) is 4.79 Å². The third kappa shape index (κ3) is 5.56. The van der Waals surface area contributed by atoms with Crippen LogP contribution in [-0.4, -0.2) is 55.0 Å². The number of hydrogen-bond donors (Lipinski definition) is 3. The van der Waals surface area contributed by atoms with Gasteiger partial charge in [0, 0.05) is 36.9 Å². The number of hydrogen-bond acceptors (Lipinski definition) is 5. The SMILES string of the molecule is C[C@@H](CC(=O)O)NC(=O)CC1COCCC1NC(=O)OCC1c2ccccc2-c2ccccc21. The van der Waals surface area contributed by atoms with E-state index in [9.17, 15) is 14.4 Å². The molecule has 1 saturated heterocycles. The maximum Gasteiger partial charge on any atom is 0.407 e. The van der Waals surface area contributed by atoms with Crippen LogP contribution in [0.25, 0.3) is 11.1 Å². The molecule has 34 heavy (non-hydrogen) atoms. The van der Waals surface area contributed by atoms with Crippen molar-refractivity contribution in [2.45, 2.75) is 44.2 Å². The zero-order chi connectivity index (χ0) is 24.1. The van der Waals surface area contributed by atoms with Gasteiger partial charge in [-0.15, -0.1) is 0 Å². The standard InChI is InChI=1S/C26H30N2O6/c1-16(12-25(30)31)27-24(29)13-17-14-33-11-10-23(17)28-26(32)34-15-22-20-8-4-2-6-18(20)19-7-3-5-9-21(19)22/h2-9,16-17,22-23H,10-15H2,1H3,(H,27,29)(H,28,32)(H,30,31)/t16-,17?,23?/m0/s1. The van der Waals surface area contributed by atoms with Gasteiger partial charge in [0.2, 0.25) is 5.91 Å². The van der Waals surface area contributed by atoms with E-state index in [2.05, 4.69) is 34.9 Å². The van der Waals surface area contributed by atoms with Gasteiger partial charge in [0.25, 0.3) is 0 Å². The molecule has 3 N–H and O–H groups in total. The van der Waals surface area contributed by atoms with E-state index in [1.54, 1.807) is 6.92 Å². The van der Waals surface area contributed by atoms with Gasteiger partial charge in [-0.2, -0.15) is 0 Å². The Morgan fingerprint density at radius 3 is 2.38 bits per heavy atom. The van der Waals surface area contributed by atoms with Gasteiger partial charge >= 0.3 is 12.1 Å². The van der Waals surface area contributed by atoms with Crippen LogP contribution in [0.1, 0.15) is 43.2 Å². The summed E-state index contributed by atoms with van der Waals surface area (Å²) in [5.74, 6) is -1.47. The molecule has 8 nitrogen and oxygen atoms in total. The number of carbonyl (C=O) groups excluding carboxylic acids is 2. The Labute approximate surface area is 198 Å². The third-order valence-corrected chi connectivity index (χ3v) is 6.46. The molecule has 1 aliphatic heterocycles. The van der Waals surface area contributed by atoms with Gasteiger partial charge in [0.05, 0.1) is 13.0 Å². The fourth-order valence-corrected chi connectivity index (χ4v) is 4.86. The Morgan fingerprint density at radius 2 is 1.74 bits per heavy atom. The highest BCUT2D eigenvalue weighted by Crippen LogP contribution is 2.44. The first-order chi connectivity index (χ1) is 16.4. The molecule has 2 aromatic carbocycles. The summed E-state index contributed by atoms with van der Waals surface area (Å²) in [6.07, 6.45) is 0.0535. The maximum absolute atomic E-state index is 12.7. The molecule has 2 aromatic rings. The number of amides is 2. The highest BCUT2D eigenvalue weighted by atomic mass is 16.5. The van der Waals surface area contributed by atoms with E-state index in [-0.39, 0.29) is 43.2 Å². The third-order valence-electron chi connectivity index (χ3n) is 6.46. The number of nitrogens with one attached hydrogen (secondary N) is 2. The highest BCUT2D eigenvalue weighted by molar-refractivity contribution is 5.79. The summed E-state index contributed by atoms with van der Waals surface area (Å²) in [7, 11) is 0. The molecular formula is C26H30N2O6. The van der Waals surface area contributed by atoms with Crippen LogP contribution in [0.15, 0.2) is 48.5 Å². The molecule has 180 valence electrons. The Hall–Kier alpha value is -3.39. The van der Waals surface area contributed by atoms with Gasteiger partial charge in [-0.05, 0) is 35.6 Å². The summed E-state index contributed by atoms with van der Waals surface area (Å²) in [5.41, 5.74) is 4.62. The molecule has 4 rings (SSSR count). The quantitative estimate of drug-likeness (QED) is 0.550. The minimum Gasteiger partial charge on any atom is -0.481 e. The monoisotopic (exact) mass is 466 g/mol. The molecule has 8 heteroatoms. The summed E-state index contributed by atoms with van der Waals surface area (Å²) in [4.78, 5) is 35.9. The van der Waals surface area contributed by atoms with E-state index >= 15 is 0 Å². The van der Waals surface area contributed by atoms with Gasteiger partial charge in [-0.1, -0.05) is 48.5 Å². The van der Waals surface area contributed by atoms with Gasteiger partial charge in [-0.3, -0.25) is 9.59 Å². The average Bonchev–Trinajstić information content (AvgIpc) is 3.12. The van der Waals surface area contributed by atoms with Crippen molar-refractivity contribution in [2.24, 2.45) is 5.92 Å². The number of carboxylic acids is 1. The summed E-state index contributed by atoms with van der Waals surface area (Å²) >= 11 is 0. The van der Waals surface area contributed by atoms with Crippen molar-refractivity contribution in [3.8, 4) is 11.1 Å². The smallest absolute Gasteiger partial charge is 0.407 e. The summed E-state index contributed by atoms with van der Waals surface area (Å²) in [6, 6.07) is 15.6. The number of benzene rings is 2. The summed E-state index contributed by atoms with van der Waals surface area (Å²) < 4.78 is 11.2. The van der Waals surface area contributed by atoms with Crippen LogP contribution in [0, 0.1) is 5.92 Å². The largest absolute Gasteiger partial charge is 0.481 e. The lowest BCUT2D eigenvalue weighted by Gasteiger charge is -2.32. The molecule has 2 unspecified atom stereocenters. The van der Waals surface area contributed by atoms with Gasteiger partial charge < -0.3 is 25.2 Å². The molecule has 0 radical (unpaired) electrons. The van der Waals surface area contributed by atoms with E-state index < -0.39 is 18.1 Å². The number of aliphatic carboxylic acids is 1. The fourth-order valence-electron chi connectivity index (χ4n) is 4.86. The van der Waals surface area contributed by atoms with Crippen LogP contribution < -0.4 is 10.6 Å². The zero-order valence-electron chi connectivity index (χ0n) is 19.2. The average molecular weight is 467 g/mol. The van der Waals surface area contributed by atoms with Crippen molar-refractivity contribution in [3.05, 3.63) is 59.7 Å². The first-order valence-corrected chi connectivity index (χ1v) is 11.6.